The molecule has 1 heterocycles. The van der Waals surface area contributed by atoms with E-state index in [4.69, 9.17) is 0 Å². The van der Waals surface area contributed by atoms with Gasteiger partial charge in [-0.05, 0) is 31.7 Å². The van der Waals surface area contributed by atoms with Crippen molar-refractivity contribution in [3.63, 3.8) is 0 Å². The normalized spacial score (nSPS) is 49.7. The van der Waals surface area contributed by atoms with Gasteiger partial charge in [-0.25, -0.2) is 0 Å². The molecule has 1 spiro atoms. The van der Waals surface area contributed by atoms with Gasteiger partial charge in [-0.1, -0.05) is 13.3 Å². The van der Waals surface area contributed by atoms with E-state index in [1.807, 2.05) is 0 Å². The van der Waals surface area contributed by atoms with Crippen LogP contribution in [0.15, 0.2) is 0 Å². The van der Waals surface area contributed by atoms with Gasteiger partial charge in [0, 0.05) is 5.54 Å². The summed E-state index contributed by atoms with van der Waals surface area (Å²) in [6.45, 7) is 3.66. The van der Waals surface area contributed by atoms with E-state index in [1.54, 1.807) is 0 Å². The van der Waals surface area contributed by atoms with Crippen molar-refractivity contribution in [3.05, 3.63) is 0 Å². The molecule has 1 nitrogen and oxygen atoms in total. The number of rotatable bonds is 0. The summed E-state index contributed by atoms with van der Waals surface area (Å²) >= 11 is 0. The summed E-state index contributed by atoms with van der Waals surface area (Å²) in [6, 6.07) is 0. The van der Waals surface area contributed by atoms with Crippen molar-refractivity contribution in [2.45, 2.75) is 38.1 Å². The van der Waals surface area contributed by atoms with Crippen molar-refractivity contribution in [1.82, 2.24) is 5.32 Å². The van der Waals surface area contributed by atoms with Crippen LogP contribution in [-0.4, -0.2) is 12.1 Å². The van der Waals surface area contributed by atoms with Crippen LogP contribution in [0, 0.1) is 5.92 Å². The van der Waals surface area contributed by atoms with E-state index in [2.05, 4.69) is 12.2 Å². The second-order valence-corrected chi connectivity index (χ2v) is 3.63. The van der Waals surface area contributed by atoms with E-state index >= 15 is 0 Å². The van der Waals surface area contributed by atoms with Crippen LogP contribution in [0.5, 0.6) is 0 Å². The standard InChI is InChI=1S/C8H15N/c1-7-3-2-4-8(7)5-6-9-8/h7,9H,2-6H2,1H3. The first kappa shape index (κ1) is 5.72. The Morgan fingerprint density at radius 3 is 2.44 bits per heavy atom. The molecule has 1 aliphatic carbocycles. The Kier molecular flexibility index (Phi) is 1.10. The molecule has 0 amide bonds. The van der Waals surface area contributed by atoms with Crippen LogP contribution in [-0.2, 0) is 0 Å². The molecule has 1 heteroatoms. The average Bonchev–Trinajstić information content (AvgIpc) is 2.07. The molecule has 2 unspecified atom stereocenters. The molecule has 0 aromatic heterocycles. The summed E-state index contributed by atoms with van der Waals surface area (Å²) < 4.78 is 0. The summed E-state index contributed by atoms with van der Waals surface area (Å²) in [5, 5.41) is 3.57. The Balaban J connectivity index is 2.09. The Bertz CT molecular complexity index is 116. The van der Waals surface area contributed by atoms with Gasteiger partial charge in [-0.2, -0.15) is 0 Å². The van der Waals surface area contributed by atoms with E-state index in [-0.39, 0.29) is 0 Å². The predicted molar refractivity (Wildman–Crippen MR) is 38.4 cm³/mol. The predicted octanol–water partition coefficient (Wildman–Crippen LogP) is 1.54. The third kappa shape index (κ3) is 0.644. The topological polar surface area (TPSA) is 12.0 Å². The first-order valence-corrected chi connectivity index (χ1v) is 4.08. The van der Waals surface area contributed by atoms with Crippen molar-refractivity contribution < 1.29 is 0 Å². The molecule has 1 saturated carbocycles. The molecular weight excluding hydrogens is 110 g/mol. The molecule has 2 fully saturated rings. The van der Waals surface area contributed by atoms with Crippen LogP contribution in [0.4, 0.5) is 0 Å². The van der Waals surface area contributed by atoms with Gasteiger partial charge in [-0.3, -0.25) is 0 Å². The fourth-order valence-corrected chi connectivity index (χ4v) is 2.33. The monoisotopic (exact) mass is 125 g/mol. The zero-order chi connectivity index (χ0) is 6.32. The van der Waals surface area contributed by atoms with Gasteiger partial charge >= 0.3 is 0 Å². The first-order chi connectivity index (χ1) is 4.33. The van der Waals surface area contributed by atoms with Crippen LogP contribution < -0.4 is 5.32 Å². The Labute approximate surface area is 56.8 Å². The Hall–Kier alpha value is -0.0400. The zero-order valence-electron chi connectivity index (χ0n) is 6.11. The van der Waals surface area contributed by atoms with Gasteiger partial charge < -0.3 is 5.32 Å². The SMILES string of the molecule is CC1CCCC12CCN2. The lowest BCUT2D eigenvalue weighted by molar-refractivity contribution is 0.159. The highest BCUT2D eigenvalue weighted by Crippen LogP contribution is 2.41. The van der Waals surface area contributed by atoms with E-state index in [1.165, 1.54) is 32.2 Å². The maximum atomic E-state index is 3.57. The molecule has 2 rings (SSSR count). The van der Waals surface area contributed by atoms with Crippen molar-refractivity contribution in [1.29, 1.82) is 0 Å². The van der Waals surface area contributed by atoms with Crippen LogP contribution in [0.25, 0.3) is 0 Å². The summed E-state index contributed by atoms with van der Waals surface area (Å²) in [6.07, 6.45) is 5.78. The van der Waals surface area contributed by atoms with Crippen molar-refractivity contribution in [2.24, 2.45) is 5.92 Å². The lowest BCUT2D eigenvalue weighted by Gasteiger charge is -2.44. The Morgan fingerprint density at radius 2 is 2.22 bits per heavy atom. The van der Waals surface area contributed by atoms with Gasteiger partial charge in [0.1, 0.15) is 0 Å². The molecule has 0 aromatic carbocycles. The highest BCUT2D eigenvalue weighted by molar-refractivity contribution is 5.03. The summed E-state index contributed by atoms with van der Waals surface area (Å²) in [5.74, 6) is 0.950. The second kappa shape index (κ2) is 1.72. The van der Waals surface area contributed by atoms with Gasteiger partial charge in [0.2, 0.25) is 0 Å². The largest absolute Gasteiger partial charge is 0.311 e. The third-order valence-electron chi connectivity index (χ3n) is 3.25. The van der Waals surface area contributed by atoms with Crippen molar-refractivity contribution in [2.75, 3.05) is 6.54 Å². The van der Waals surface area contributed by atoms with Crippen LogP contribution >= 0.6 is 0 Å². The lowest BCUT2D eigenvalue weighted by Crippen LogP contribution is -2.58. The summed E-state index contributed by atoms with van der Waals surface area (Å²) in [4.78, 5) is 0. The molecule has 1 N–H and O–H groups in total. The van der Waals surface area contributed by atoms with Crippen LogP contribution in [0.2, 0.25) is 0 Å². The van der Waals surface area contributed by atoms with E-state index in [0.29, 0.717) is 5.54 Å². The molecule has 0 radical (unpaired) electrons. The van der Waals surface area contributed by atoms with E-state index in [9.17, 15) is 0 Å². The van der Waals surface area contributed by atoms with Gasteiger partial charge in [0.15, 0.2) is 0 Å². The third-order valence-corrected chi connectivity index (χ3v) is 3.25. The molecule has 52 valence electrons. The number of hydrogen-bond acceptors (Lipinski definition) is 1. The van der Waals surface area contributed by atoms with E-state index < -0.39 is 0 Å². The molecule has 1 saturated heterocycles. The maximum absolute atomic E-state index is 3.57. The molecular formula is C8H15N. The molecule has 2 aliphatic rings. The Morgan fingerprint density at radius 1 is 1.44 bits per heavy atom. The minimum Gasteiger partial charge on any atom is -0.311 e. The molecule has 2 atom stereocenters. The van der Waals surface area contributed by atoms with Crippen LogP contribution in [0.1, 0.15) is 32.6 Å². The van der Waals surface area contributed by atoms with Crippen molar-refractivity contribution >= 4 is 0 Å². The quantitative estimate of drug-likeness (QED) is 0.518. The first-order valence-electron chi connectivity index (χ1n) is 4.08. The molecule has 1 aliphatic heterocycles. The van der Waals surface area contributed by atoms with Gasteiger partial charge in [0.05, 0.1) is 0 Å². The molecule has 0 bridgehead atoms. The smallest absolute Gasteiger partial charge is 0.0219 e. The van der Waals surface area contributed by atoms with Gasteiger partial charge in [0.25, 0.3) is 0 Å². The highest BCUT2D eigenvalue weighted by atomic mass is 15.1. The zero-order valence-corrected chi connectivity index (χ0v) is 6.11. The number of nitrogens with one attached hydrogen (secondary N) is 1. The summed E-state index contributed by atoms with van der Waals surface area (Å²) in [5.41, 5.74) is 0.625. The van der Waals surface area contributed by atoms with E-state index in [0.717, 1.165) is 5.92 Å². The maximum Gasteiger partial charge on any atom is 0.0219 e. The van der Waals surface area contributed by atoms with Crippen LogP contribution in [0.3, 0.4) is 0 Å². The minimum atomic E-state index is 0.625. The van der Waals surface area contributed by atoms with Gasteiger partial charge in [-0.15, -0.1) is 0 Å². The lowest BCUT2D eigenvalue weighted by atomic mass is 9.79. The fourth-order valence-electron chi connectivity index (χ4n) is 2.33. The molecule has 0 aromatic rings. The van der Waals surface area contributed by atoms with Crippen molar-refractivity contribution in [3.8, 4) is 0 Å². The second-order valence-electron chi connectivity index (χ2n) is 3.63. The fraction of sp³-hybridized carbons (Fsp3) is 1.00. The minimum absolute atomic E-state index is 0.625. The number of hydrogen-bond donors (Lipinski definition) is 1. The molecule has 9 heavy (non-hydrogen) atoms. The average molecular weight is 125 g/mol. The highest BCUT2D eigenvalue weighted by Gasteiger charge is 2.44. The summed E-state index contributed by atoms with van der Waals surface area (Å²) in [7, 11) is 0.